The second kappa shape index (κ2) is 6.38. The predicted molar refractivity (Wildman–Crippen MR) is 78.3 cm³/mol. The van der Waals surface area contributed by atoms with Crippen LogP contribution in [0.2, 0.25) is 5.02 Å². The Balaban J connectivity index is 2.03. The molecule has 0 amide bonds. The topological polar surface area (TPSA) is 56.0 Å². The van der Waals surface area contributed by atoms with Gasteiger partial charge in [0.25, 0.3) is 0 Å². The van der Waals surface area contributed by atoms with Gasteiger partial charge in [-0.3, -0.25) is 4.79 Å². The van der Waals surface area contributed by atoms with E-state index in [1.807, 2.05) is 0 Å². The Morgan fingerprint density at radius 2 is 2.11 bits per heavy atom. The molecule has 19 heavy (non-hydrogen) atoms. The van der Waals surface area contributed by atoms with Crippen molar-refractivity contribution in [3.63, 3.8) is 0 Å². The van der Waals surface area contributed by atoms with Crippen LogP contribution < -0.4 is 5.73 Å². The van der Waals surface area contributed by atoms with Gasteiger partial charge in [0.05, 0.1) is 10.6 Å². The number of ketones is 1. The predicted octanol–water partition coefficient (Wildman–Crippen LogP) is 4.11. The molecule has 0 bridgehead atoms. The zero-order valence-corrected chi connectivity index (χ0v) is 12.1. The van der Waals surface area contributed by atoms with Crippen molar-refractivity contribution in [2.45, 2.75) is 45.4 Å². The lowest BCUT2D eigenvalue weighted by Crippen LogP contribution is -2.23. The molecule has 1 aliphatic rings. The van der Waals surface area contributed by atoms with Crippen molar-refractivity contribution in [3.05, 3.63) is 22.8 Å². The quantitative estimate of drug-likeness (QED) is 0.845. The maximum Gasteiger partial charge on any atom is 0.169 e. The number of anilines is 1. The largest absolute Gasteiger partial charge is 0.383 e. The molecule has 0 spiro atoms. The number of nitrogen functional groups attached to an aromatic ring is 1. The van der Waals surface area contributed by atoms with Gasteiger partial charge in [0.2, 0.25) is 0 Å². The van der Waals surface area contributed by atoms with Crippen LogP contribution in [0.3, 0.4) is 0 Å². The number of hydrogen-bond donors (Lipinski definition) is 1. The molecule has 1 saturated carbocycles. The minimum atomic E-state index is 0.0932. The summed E-state index contributed by atoms with van der Waals surface area (Å²) in [5, 5.41) is 0.470. The van der Waals surface area contributed by atoms with Crippen molar-refractivity contribution >= 4 is 23.2 Å². The Labute approximate surface area is 119 Å². The minimum Gasteiger partial charge on any atom is -0.383 e. The van der Waals surface area contributed by atoms with Crippen molar-refractivity contribution in [2.24, 2.45) is 11.8 Å². The summed E-state index contributed by atoms with van der Waals surface area (Å²) in [4.78, 5) is 16.4. The fraction of sp³-hybridized carbons (Fsp3) is 0.600. The number of Topliss-reactive ketones (excluding diaryl/α,β-unsaturated/α-hetero) is 1. The Morgan fingerprint density at radius 1 is 1.42 bits per heavy atom. The fourth-order valence-electron chi connectivity index (χ4n) is 2.99. The van der Waals surface area contributed by atoms with Gasteiger partial charge in [0.15, 0.2) is 5.78 Å². The van der Waals surface area contributed by atoms with Crippen molar-refractivity contribution < 1.29 is 4.79 Å². The van der Waals surface area contributed by atoms with Gasteiger partial charge in [-0.15, -0.1) is 0 Å². The van der Waals surface area contributed by atoms with Gasteiger partial charge in [-0.2, -0.15) is 0 Å². The van der Waals surface area contributed by atoms with E-state index in [1.165, 1.54) is 19.0 Å². The number of halogens is 1. The standard InChI is InChI=1S/C15H21ClN2O/c1-2-3-10-4-6-11(7-5-10)14(19)13-8-12(16)9-18-15(13)17/h8-11H,2-7H2,1H3,(H2,17,18). The molecule has 0 aliphatic heterocycles. The van der Waals surface area contributed by atoms with Gasteiger partial charge >= 0.3 is 0 Å². The zero-order chi connectivity index (χ0) is 13.8. The van der Waals surface area contributed by atoms with Crippen LogP contribution in [-0.2, 0) is 0 Å². The molecule has 0 saturated heterocycles. The maximum atomic E-state index is 12.5. The zero-order valence-electron chi connectivity index (χ0n) is 11.4. The molecule has 0 unspecified atom stereocenters. The number of aromatic nitrogens is 1. The lowest BCUT2D eigenvalue weighted by molar-refractivity contribution is 0.0870. The Hall–Kier alpha value is -1.09. The third-order valence-electron chi connectivity index (χ3n) is 4.07. The van der Waals surface area contributed by atoms with Gasteiger partial charge < -0.3 is 5.73 Å². The van der Waals surface area contributed by atoms with Crippen LogP contribution >= 0.6 is 11.6 Å². The van der Waals surface area contributed by atoms with Gasteiger partial charge in [-0.1, -0.05) is 31.4 Å². The highest BCUT2D eigenvalue weighted by molar-refractivity contribution is 6.31. The van der Waals surface area contributed by atoms with Crippen molar-refractivity contribution in [2.75, 3.05) is 5.73 Å². The molecule has 3 nitrogen and oxygen atoms in total. The third kappa shape index (κ3) is 3.47. The molecular formula is C15H21ClN2O. The monoisotopic (exact) mass is 280 g/mol. The summed E-state index contributed by atoms with van der Waals surface area (Å²) in [5.74, 6) is 1.30. The number of carbonyl (C=O) groups excluding carboxylic acids is 1. The van der Waals surface area contributed by atoms with Crippen LogP contribution in [0, 0.1) is 11.8 Å². The summed E-state index contributed by atoms with van der Waals surface area (Å²) in [6, 6.07) is 1.64. The maximum absolute atomic E-state index is 12.5. The summed E-state index contributed by atoms with van der Waals surface area (Å²) in [6.45, 7) is 2.22. The highest BCUT2D eigenvalue weighted by atomic mass is 35.5. The van der Waals surface area contributed by atoms with E-state index in [0.29, 0.717) is 16.4 Å². The molecule has 1 heterocycles. The number of carbonyl (C=O) groups is 1. The van der Waals surface area contributed by atoms with E-state index in [1.54, 1.807) is 6.07 Å². The normalized spacial score (nSPS) is 23.3. The molecular weight excluding hydrogens is 260 g/mol. The molecule has 0 radical (unpaired) electrons. The Morgan fingerprint density at radius 3 is 2.74 bits per heavy atom. The Bertz CT molecular complexity index is 453. The summed E-state index contributed by atoms with van der Waals surface area (Å²) in [7, 11) is 0. The van der Waals surface area contributed by atoms with E-state index in [2.05, 4.69) is 11.9 Å². The Kier molecular flexibility index (Phi) is 4.81. The van der Waals surface area contributed by atoms with E-state index < -0.39 is 0 Å². The van der Waals surface area contributed by atoms with Crippen molar-refractivity contribution in [1.82, 2.24) is 4.98 Å². The number of nitrogens with zero attached hydrogens (tertiary/aromatic N) is 1. The summed E-state index contributed by atoms with van der Waals surface area (Å²) >= 11 is 5.89. The molecule has 1 aromatic heterocycles. The molecule has 2 N–H and O–H groups in total. The van der Waals surface area contributed by atoms with Crippen LogP contribution in [0.5, 0.6) is 0 Å². The van der Waals surface area contributed by atoms with Crippen LogP contribution in [0.1, 0.15) is 55.8 Å². The summed E-state index contributed by atoms with van der Waals surface area (Å²) in [6.07, 6.45) is 8.23. The lowest BCUT2D eigenvalue weighted by atomic mass is 9.77. The number of nitrogens with two attached hydrogens (primary N) is 1. The van der Waals surface area contributed by atoms with E-state index >= 15 is 0 Å². The van der Waals surface area contributed by atoms with Crippen molar-refractivity contribution in [3.8, 4) is 0 Å². The molecule has 1 aliphatic carbocycles. The molecule has 0 aromatic carbocycles. The van der Waals surface area contributed by atoms with E-state index in [-0.39, 0.29) is 11.7 Å². The van der Waals surface area contributed by atoms with Crippen LogP contribution in [0.15, 0.2) is 12.3 Å². The number of rotatable bonds is 4. The average molecular weight is 281 g/mol. The molecule has 104 valence electrons. The highest BCUT2D eigenvalue weighted by Gasteiger charge is 2.27. The van der Waals surface area contributed by atoms with E-state index in [4.69, 9.17) is 17.3 Å². The molecule has 2 rings (SSSR count). The van der Waals surface area contributed by atoms with Gasteiger partial charge in [0, 0.05) is 12.1 Å². The first kappa shape index (κ1) is 14.3. The third-order valence-corrected chi connectivity index (χ3v) is 4.27. The molecule has 1 aromatic rings. The van der Waals surface area contributed by atoms with Crippen LogP contribution in [0.4, 0.5) is 5.82 Å². The van der Waals surface area contributed by atoms with E-state index in [0.717, 1.165) is 31.6 Å². The smallest absolute Gasteiger partial charge is 0.169 e. The molecule has 0 atom stereocenters. The van der Waals surface area contributed by atoms with Gasteiger partial charge in [-0.05, 0) is 37.7 Å². The number of hydrogen-bond acceptors (Lipinski definition) is 3. The highest BCUT2D eigenvalue weighted by Crippen LogP contribution is 2.34. The summed E-state index contributed by atoms with van der Waals surface area (Å²) < 4.78 is 0. The average Bonchev–Trinajstić information content (AvgIpc) is 2.42. The molecule has 4 heteroatoms. The van der Waals surface area contributed by atoms with Crippen molar-refractivity contribution in [1.29, 1.82) is 0 Å². The SMILES string of the molecule is CCCC1CCC(C(=O)c2cc(Cl)cnc2N)CC1. The van der Waals surface area contributed by atoms with E-state index in [9.17, 15) is 4.79 Å². The summed E-state index contributed by atoms with van der Waals surface area (Å²) in [5.41, 5.74) is 6.27. The fourth-order valence-corrected chi connectivity index (χ4v) is 3.15. The first-order chi connectivity index (χ1) is 9.11. The van der Waals surface area contributed by atoms with Crippen LogP contribution in [0.25, 0.3) is 0 Å². The first-order valence-corrected chi connectivity index (χ1v) is 7.44. The van der Waals surface area contributed by atoms with Gasteiger partial charge in [-0.25, -0.2) is 4.98 Å². The second-order valence-corrected chi connectivity index (χ2v) is 5.89. The number of pyridine rings is 1. The van der Waals surface area contributed by atoms with Crippen LogP contribution in [-0.4, -0.2) is 10.8 Å². The first-order valence-electron chi connectivity index (χ1n) is 7.07. The minimum absolute atomic E-state index is 0.0932. The lowest BCUT2D eigenvalue weighted by Gasteiger charge is -2.27. The van der Waals surface area contributed by atoms with Gasteiger partial charge in [0.1, 0.15) is 5.82 Å². The molecule has 1 fully saturated rings. The second-order valence-electron chi connectivity index (χ2n) is 5.46.